The lowest BCUT2D eigenvalue weighted by molar-refractivity contribution is -0.310. The fraction of sp³-hybridized carbons (Fsp3) is 0.273. The number of benzene rings is 1. The van der Waals surface area contributed by atoms with Gasteiger partial charge in [-0.25, -0.2) is 4.39 Å². The van der Waals surface area contributed by atoms with Crippen LogP contribution in [0.15, 0.2) is 18.2 Å². The molecule has 0 unspecified atom stereocenters. The standard InChI is InChI=1S/C11H9ClFNO3/c12-8-4-7(1-2-9(8)13)14-5-6(11(16)17)3-10(14)15/h1-2,4,6H,3,5H2,(H,16,17)/p-1/t6-/m0/s1. The van der Waals surface area contributed by atoms with Gasteiger partial charge in [0, 0.05) is 30.5 Å². The average molecular weight is 257 g/mol. The van der Waals surface area contributed by atoms with Crippen molar-refractivity contribution in [2.75, 3.05) is 11.4 Å². The van der Waals surface area contributed by atoms with Crippen LogP contribution in [-0.4, -0.2) is 18.4 Å². The molecule has 1 amide bonds. The first-order valence-corrected chi connectivity index (χ1v) is 5.33. The molecule has 1 aromatic rings. The van der Waals surface area contributed by atoms with Gasteiger partial charge in [0.2, 0.25) is 5.91 Å². The number of aliphatic carboxylic acids is 1. The van der Waals surface area contributed by atoms with E-state index in [2.05, 4.69) is 0 Å². The molecule has 90 valence electrons. The van der Waals surface area contributed by atoms with Crippen LogP contribution in [-0.2, 0) is 9.59 Å². The summed E-state index contributed by atoms with van der Waals surface area (Å²) in [6.07, 6.45) is -0.0999. The van der Waals surface area contributed by atoms with Gasteiger partial charge < -0.3 is 14.8 Å². The Balaban J connectivity index is 2.26. The van der Waals surface area contributed by atoms with Gasteiger partial charge in [0.05, 0.1) is 5.02 Å². The molecule has 0 spiro atoms. The fourth-order valence-corrected chi connectivity index (χ4v) is 1.94. The smallest absolute Gasteiger partial charge is 0.227 e. The van der Waals surface area contributed by atoms with Crippen molar-refractivity contribution in [1.82, 2.24) is 0 Å². The number of carbonyl (C=O) groups is 2. The zero-order chi connectivity index (χ0) is 12.6. The molecule has 1 atom stereocenters. The third-order valence-corrected chi connectivity index (χ3v) is 2.96. The number of carbonyl (C=O) groups excluding carboxylic acids is 2. The molecule has 1 aromatic carbocycles. The summed E-state index contributed by atoms with van der Waals surface area (Å²) in [5, 5.41) is 10.6. The Morgan fingerprint density at radius 3 is 2.76 bits per heavy atom. The Hall–Kier alpha value is -1.62. The van der Waals surface area contributed by atoms with Gasteiger partial charge in [-0.15, -0.1) is 0 Å². The maximum Gasteiger partial charge on any atom is 0.227 e. The summed E-state index contributed by atoms with van der Waals surface area (Å²) in [7, 11) is 0. The number of carboxylic acids is 1. The van der Waals surface area contributed by atoms with E-state index in [1.807, 2.05) is 0 Å². The molecule has 0 aliphatic carbocycles. The highest BCUT2D eigenvalue weighted by Crippen LogP contribution is 2.28. The third kappa shape index (κ3) is 2.24. The van der Waals surface area contributed by atoms with E-state index in [9.17, 15) is 19.1 Å². The van der Waals surface area contributed by atoms with E-state index < -0.39 is 17.7 Å². The first-order chi connectivity index (χ1) is 7.99. The van der Waals surface area contributed by atoms with Crippen molar-refractivity contribution >= 4 is 29.2 Å². The van der Waals surface area contributed by atoms with E-state index in [-0.39, 0.29) is 23.9 Å². The van der Waals surface area contributed by atoms with Crippen molar-refractivity contribution in [1.29, 1.82) is 0 Å². The molecule has 6 heteroatoms. The molecule has 0 saturated carbocycles. The minimum absolute atomic E-state index is 0.0309. The average Bonchev–Trinajstić information content (AvgIpc) is 2.65. The van der Waals surface area contributed by atoms with E-state index in [0.717, 1.165) is 6.07 Å². The number of anilines is 1. The highest BCUT2D eigenvalue weighted by molar-refractivity contribution is 6.31. The molecule has 4 nitrogen and oxygen atoms in total. The molecule has 1 aliphatic rings. The summed E-state index contributed by atoms with van der Waals surface area (Å²) < 4.78 is 12.9. The van der Waals surface area contributed by atoms with Gasteiger partial charge in [0.1, 0.15) is 5.82 Å². The van der Waals surface area contributed by atoms with Crippen molar-refractivity contribution in [2.45, 2.75) is 6.42 Å². The van der Waals surface area contributed by atoms with Gasteiger partial charge in [0.15, 0.2) is 0 Å². The molecule has 0 N–H and O–H groups in total. The minimum atomic E-state index is -1.26. The number of hydrogen-bond acceptors (Lipinski definition) is 3. The molecule has 0 radical (unpaired) electrons. The zero-order valence-electron chi connectivity index (χ0n) is 8.65. The minimum Gasteiger partial charge on any atom is -0.550 e. The SMILES string of the molecule is O=C([O-])[C@H]1CC(=O)N(c2ccc(F)c(Cl)c2)C1. The number of nitrogens with zero attached hydrogens (tertiary/aromatic N) is 1. The normalized spacial score (nSPS) is 19.8. The van der Waals surface area contributed by atoms with Crippen molar-refractivity contribution in [3.8, 4) is 0 Å². The lowest BCUT2D eigenvalue weighted by Gasteiger charge is -2.17. The Bertz CT molecular complexity index is 492. The molecular formula is C11H8ClFNO3-. The Morgan fingerprint density at radius 1 is 1.53 bits per heavy atom. The Kier molecular flexibility index (Phi) is 3.02. The van der Waals surface area contributed by atoms with Gasteiger partial charge in [-0.05, 0) is 18.2 Å². The molecule has 1 fully saturated rings. The van der Waals surface area contributed by atoms with Crippen LogP contribution in [0.2, 0.25) is 5.02 Å². The number of carboxylic acid groups (broad SMARTS) is 1. The Morgan fingerprint density at radius 2 is 2.24 bits per heavy atom. The molecule has 1 aliphatic heterocycles. The van der Waals surface area contributed by atoms with Gasteiger partial charge >= 0.3 is 0 Å². The maximum absolute atomic E-state index is 12.9. The molecule has 17 heavy (non-hydrogen) atoms. The highest BCUT2D eigenvalue weighted by Gasteiger charge is 2.31. The number of amides is 1. The fourth-order valence-electron chi connectivity index (χ4n) is 1.77. The first kappa shape index (κ1) is 11.9. The van der Waals surface area contributed by atoms with Crippen LogP contribution >= 0.6 is 11.6 Å². The van der Waals surface area contributed by atoms with Crippen LogP contribution in [0.25, 0.3) is 0 Å². The topological polar surface area (TPSA) is 60.4 Å². The van der Waals surface area contributed by atoms with Crippen LogP contribution in [0.3, 0.4) is 0 Å². The van der Waals surface area contributed by atoms with Gasteiger partial charge in [-0.1, -0.05) is 11.6 Å². The summed E-state index contributed by atoms with van der Waals surface area (Å²) >= 11 is 5.60. The van der Waals surface area contributed by atoms with Crippen molar-refractivity contribution in [3.63, 3.8) is 0 Å². The van der Waals surface area contributed by atoms with Gasteiger partial charge in [-0.3, -0.25) is 4.79 Å². The molecule has 0 aromatic heterocycles. The second-order valence-electron chi connectivity index (χ2n) is 3.82. The van der Waals surface area contributed by atoms with Crippen LogP contribution in [0, 0.1) is 11.7 Å². The second kappa shape index (κ2) is 4.33. The predicted octanol–water partition coefficient (Wildman–Crippen LogP) is 0.582. The van der Waals surface area contributed by atoms with Crippen LogP contribution in [0.5, 0.6) is 0 Å². The quantitative estimate of drug-likeness (QED) is 0.778. The largest absolute Gasteiger partial charge is 0.550 e. The lowest BCUT2D eigenvalue weighted by atomic mass is 10.1. The van der Waals surface area contributed by atoms with E-state index in [0.29, 0.717) is 5.69 Å². The van der Waals surface area contributed by atoms with Crippen molar-refractivity contribution in [2.24, 2.45) is 5.92 Å². The van der Waals surface area contributed by atoms with Crippen LogP contribution < -0.4 is 10.0 Å². The lowest BCUT2D eigenvalue weighted by Crippen LogP contribution is -2.33. The summed E-state index contributed by atoms with van der Waals surface area (Å²) in [6.45, 7) is 0.0309. The molecule has 2 rings (SSSR count). The monoisotopic (exact) mass is 256 g/mol. The number of hydrogen-bond donors (Lipinski definition) is 0. The molecule has 0 bridgehead atoms. The predicted molar refractivity (Wildman–Crippen MR) is 56.9 cm³/mol. The van der Waals surface area contributed by atoms with E-state index >= 15 is 0 Å². The molecule has 1 saturated heterocycles. The summed E-state index contributed by atoms with van der Waals surface area (Å²) in [6, 6.07) is 3.82. The zero-order valence-corrected chi connectivity index (χ0v) is 9.41. The first-order valence-electron chi connectivity index (χ1n) is 4.95. The molecule has 1 heterocycles. The van der Waals surface area contributed by atoms with Gasteiger partial charge in [-0.2, -0.15) is 0 Å². The summed E-state index contributed by atoms with van der Waals surface area (Å²) in [5.41, 5.74) is 0.394. The van der Waals surface area contributed by atoms with Gasteiger partial charge in [0.25, 0.3) is 0 Å². The molecular weight excluding hydrogens is 249 g/mol. The number of rotatable bonds is 2. The number of halogens is 2. The van der Waals surface area contributed by atoms with Crippen molar-refractivity contribution < 1.29 is 19.1 Å². The third-order valence-electron chi connectivity index (χ3n) is 2.67. The van der Waals surface area contributed by atoms with Crippen LogP contribution in [0.4, 0.5) is 10.1 Å². The van der Waals surface area contributed by atoms with Crippen LogP contribution in [0.1, 0.15) is 6.42 Å². The van der Waals surface area contributed by atoms with E-state index in [1.165, 1.54) is 17.0 Å². The Labute approximate surface area is 102 Å². The summed E-state index contributed by atoms with van der Waals surface area (Å²) in [5.74, 6) is -3.00. The van der Waals surface area contributed by atoms with E-state index in [4.69, 9.17) is 11.6 Å². The second-order valence-corrected chi connectivity index (χ2v) is 4.23. The van der Waals surface area contributed by atoms with Crippen molar-refractivity contribution in [3.05, 3.63) is 29.0 Å². The summed E-state index contributed by atoms with van der Waals surface area (Å²) in [4.78, 5) is 23.5. The highest BCUT2D eigenvalue weighted by atomic mass is 35.5. The maximum atomic E-state index is 12.9. The van der Waals surface area contributed by atoms with E-state index in [1.54, 1.807) is 0 Å².